The minimum atomic E-state index is -0.181. The number of carbonyl (C=O) groups excluding carboxylic acids is 1. The summed E-state index contributed by atoms with van der Waals surface area (Å²) in [7, 11) is 0. The maximum Gasteiger partial charge on any atom is 0.244 e. The van der Waals surface area contributed by atoms with Gasteiger partial charge >= 0.3 is 0 Å². The van der Waals surface area contributed by atoms with Crippen LogP contribution in [0.3, 0.4) is 0 Å². The fraction of sp³-hybridized carbons (Fsp3) is 0.125. The molecule has 0 saturated carbocycles. The van der Waals surface area contributed by atoms with Crippen molar-refractivity contribution in [3.63, 3.8) is 0 Å². The molecule has 1 N–H and O–H groups in total. The van der Waals surface area contributed by atoms with Crippen LogP contribution in [0, 0.1) is 0 Å². The lowest BCUT2D eigenvalue weighted by Gasteiger charge is -2.07. The van der Waals surface area contributed by atoms with Gasteiger partial charge in [-0.2, -0.15) is 0 Å². The SMILES string of the molecule is O=C(/C=C/c1ccco1)NCCn1ccnc1-c1ncccn1. The number of nitrogens with one attached hydrogen (secondary N) is 1. The summed E-state index contributed by atoms with van der Waals surface area (Å²) in [4.78, 5) is 24.3. The zero-order valence-electron chi connectivity index (χ0n) is 12.3. The molecule has 3 heterocycles. The molecule has 3 aromatic rings. The van der Waals surface area contributed by atoms with E-state index < -0.39 is 0 Å². The summed E-state index contributed by atoms with van der Waals surface area (Å²) in [5, 5.41) is 2.81. The van der Waals surface area contributed by atoms with Gasteiger partial charge in [0.15, 0.2) is 11.6 Å². The molecule has 7 heteroatoms. The molecule has 0 fully saturated rings. The Morgan fingerprint density at radius 3 is 2.87 bits per heavy atom. The Labute approximate surface area is 132 Å². The van der Waals surface area contributed by atoms with E-state index in [9.17, 15) is 4.79 Å². The van der Waals surface area contributed by atoms with E-state index in [-0.39, 0.29) is 5.91 Å². The largest absolute Gasteiger partial charge is 0.465 e. The fourth-order valence-electron chi connectivity index (χ4n) is 2.01. The van der Waals surface area contributed by atoms with Gasteiger partial charge in [-0.25, -0.2) is 15.0 Å². The molecule has 116 valence electrons. The Bertz CT molecular complexity index is 778. The third-order valence-electron chi connectivity index (χ3n) is 3.08. The first-order valence-electron chi connectivity index (χ1n) is 7.11. The van der Waals surface area contributed by atoms with Crippen LogP contribution in [0.5, 0.6) is 0 Å². The van der Waals surface area contributed by atoms with Crippen LogP contribution in [-0.2, 0) is 11.3 Å². The highest BCUT2D eigenvalue weighted by atomic mass is 16.3. The second kappa shape index (κ2) is 7.17. The van der Waals surface area contributed by atoms with Crippen molar-refractivity contribution in [2.45, 2.75) is 6.54 Å². The van der Waals surface area contributed by atoms with Crippen molar-refractivity contribution in [2.75, 3.05) is 6.54 Å². The first kappa shape index (κ1) is 14.7. The highest BCUT2D eigenvalue weighted by Gasteiger charge is 2.07. The monoisotopic (exact) mass is 309 g/mol. The molecule has 0 bridgehead atoms. The van der Waals surface area contributed by atoms with Gasteiger partial charge in [0.2, 0.25) is 5.91 Å². The van der Waals surface area contributed by atoms with Gasteiger partial charge in [-0.3, -0.25) is 4.79 Å². The van der Waals surface area contributed by atoms with Crippen molar-refractivity contribution in [2.24, 2.45) is 0 Å². The average Bonchev–Trinajstić information content (AvgIpc) is 3.25. The van der Waals surface area contributed by atoms with Crippen LogP contribution >= 0.6 is 0 Å². The zero-order chi connectivity index (χ0) is 15.9. The summed E-state index contributed by atoms with van der Waals surface area (Å²) in [5.41, 5.74) is 0. The molecule has 0 aromatic carbocycles. The van der Waals surface area contributed by atoms with E-state index >= 15 is 0 Å². The molecule has 0 aliphatic rings. The van der Waals surface area contributed by atoms with Crippen molar-refractivity contribution < 1.29 is 9.21 Å². The lowest BCUT2D eigenvalue weighted by molar-refractivity contribution is -0.116. The lowest BCUT2D eigenvalue weighted by Crippen LogP contribution is -2.25. The molecular formula is C16H15N5O2. The van der Waals surface area contributed by atoms with Crippen LogP contribution in [0.15, 0.2) is 59.7 Å². The Balaban J connectivity index is 1.54. The van der Waals surface area contributed by atoms with Gasteiger partial charge in [0.25, 0.3) is 0 Å². The zero-order valence-corrected chi connectivity index (χ0v) is 12.3. The molecule has 0 unspecified atom stereocenters. The quantitative estimate of drug-likeness (QED) is 0.701. The van der Waals surface area contributed by atoms with Gasteiger partial charge in [-0.15, -0.1) is 0 Å². The molecule has 0 aliphatic carbocycles. The topological polar surface area (TPSA) is 85.8 Å². The number of hydrogen-bond donors (Lipinski definition) is 1. The smallest absolute Gasteiger partial charge is 0.244 e. The summed E-state index contributed by atoms with van der Waals surface area (Å²) in [6.45, 7) is 1.05. The minimum absolute atomic E-state index is 0.181. The predicted octanol–water partition coefficient (Wildman–Crippen LogP) is 1.76. The molecule has 3 aromatic heterocycles. The first-order valence-corrected chi connectivity index (χ1v) is 7.11. The number of hydrogen-bond acceptors (Lipinski definition) is 5. The highest BCUT2D eigenvalue weighted by molar-refractivity contribution is 5.91. The van der Waals surface area contributed by atoms with Crippen molar-refractivity contribution >= 4 is 12.0 Å². The van der Waals surface area contributed by atoms with Gasteiger partial charge in [-0.1, -0.05) is 0 Å². The molecule has 7 nitrogen and oxygen atoms in total. The van der Waals surface area contributed by atoms with Gasteiger partial charge in [0, 0.05) is 44.0 Å². The fourth-order valence-corrected chi connectivity index (χ4v) is 2.01. The Kier molecular flexibility index (Phi) is 4.58. The number of rotatable bonds is 6. The van der Waals surface area contributed by atoms with Crippen molar-refractivity contribution in [3.8, 4) is 11.6 Å². The van der Waals surface area contributed by atoms with Crippen LogP contribution in [0.1, 0.15) is 5.76 Å². The Morgan fingerprint density at radius 1 is 1.22 bits per heavy atom. The van der Waals surface area contributed by atoms with Crippen LogP contribution in [0.4, 0.5) is 0 Å². The minimum Gasteiger partial charge on any atom is -0.465 e. The normalized spacial score (nSPS) is 11.0. The van der Waals surface area contributed by atoms with Crippen LogP contribution < -0.4 is 5.32 Å². The van der Waals surface area contributed by atoms with E-state index in [0.29, 0.717) is 30.5 Å². The van der Waals surface area contributed by atoms with E-state index in [4.69, 9.17) is 4.42 Å². The van der Waals surface area contributed by atoms with Crippen LogP contribution in [0.25, 0.3) is 17.7 Å². The number of amides is 1. The summed E-state index contributed by atoms with van der Waals surface area (Å²) in [6, 6.07) is 5.30. The summed E-state index contributed by atoms with van der Waals surface area (Å²) >= 11 is 0. The van der Waals surface area contributed by atoms with Crippen LogP contribution in [0.2, 0.25) is 0 Å². The summed E-state index contributed by atoms with van der Waals surface area (Å²) < 4.78 is 7.01. The van der Waals surface area contributed by atoms with Gasteiger partial charge < -0.3 is 14.3 Å². The maximum atomic E-state index is 11.7. The number of imidazole rings is 1. The molecule has 0 aliphatic heterocycles. The molecule has 1 amide bonds. The standard InChI is InChI=1S/C16H15N5O2/c22-14(5-4-13-3-1-12-23-13)17-8-10-21-11-9-20-16(21)15-18-6-2-7-19-15/h1-7,9,11-12H,8,10H2,(H,17,22)/b5-4+. The molecular weight excluding hydrogens is 294 g/mol. The number of carbonyl (C=O) groups is 1. The molecule has 23 heavy (non-hydrogen) atoms. The van der Waals surface area contributed by atoms with Crippen molar-refractivity contribution in [1.29, 1.82) is 0 Å². The van der Waals surface area contributed by atoms with Gasteiger partial charge in [0.1, 0.15) is 5.76 Å². The Morgan fingerprint density at radius 2 is 2.09 bits per heavy atom. The van der Waals surface area contributed by atoms with Crippen LogP contribution in [-0.4, -0.2) is 32.0 Å². The van der Waals surface area contributed by atoms with Crippen molar-refractivity contribution in [3.05, 3.63) is 61.1 Å². The second-order valence-electron chi connectivity index (χ2n) is 4.66. The highest BCUT2D eigenvalue weighted by Crippen LogP contribution is 2.10. The van der Waals surface area contributed by atoms with E-state index in [0.717, 1.165) is 0 Å². The number of aromatic nitrogens is 4. The summed E-state index contributed by atoms with van der Waals surface area (Å²) in [5.74, 6) is 1.69. The third kappa shape index (κ3) is 3.91. The van der Waals surface area contributed by atoms with Crippen molar-refractivity contribution in [1.82, 2.24) is 24.8 Å². The first-order chi connectivity index (χ1) is 11.3. The van der Waals surface area contributed by atoms with E-state index in [1.54, 1.807) is 49.1 Å². The van der Waals surface area contributed by atoms with Gasteiger partial charge in [0.05, 0.1) is 6.26 Å². The van der Waals surface area contributed by atoms with E-state index in [2.05, 4.69) is 20.3 Å². The average molecular weight is 309 g/mol. The molecule has 0 atom stereocenters. The lowest BCUT2D eigenvalue weighted by atomic mass is 10.4. The Hall–Kier alpha value is -3.22. The molecule has 0 spiro atoms. The van der Waals surface area contributed by atoms with E-state index in [1.165, 1.54) is 6.08 Å². The predicted molar refractivity (Wildman–Crippen MR) is 84.0 cm³/mol. The number of furan rings is 1. The third-order valence-corrected chi connectivity index (χ3v) is 3.08. The van der Waals surface area contributed by atoms with E-state index in [1.807, 2.05) is 10.8 Å². The summed E-state index contributed by atoms with van der Waals surface area (Å²) in [6.07, 6.45) is 11.5. The van der Waals surface area contributed by atoms with Gasteiger partial charge in [-0.05, 0) is 24.3 Å². The molecule has 3 rings (SSSR count). The maximum absolute atomic E-state index is 11.7. The second-order valence-corrected chi connectivity index (χ2v) is 4.66. The molecule has 0 radical (unpaired) electrons. The number of nitrogens with zero attached hydrogens (tertiary/aromatic N) is 4. The molecule has 0 saturated heterocycles.